The maximum absolute atomic E-state index is 13.1. The van der Waals surface area contributed by atoms with Crippen LogP contribution in [0, 0.1) is 0 Å². The highest BCUT2D eigenvalue weighted by molar-refractivity contribution is 9.10. The minimum Gasteiger partial charge on any atom is -0.478 e. The molecular formula is C24H18BrN3O6. The van der Waals surface area contributed by atoms with Crippen LogP contribution < -0.4 is 5.56 Å². The van der Waals surface area contributed by atoms with Crippen LogP contribution in [-0.2, 0) is 6.42 Å². The number of carboxylic acid groups (broad SMARTS) is 2. The highest BCUT2D eigenvalue weighted by atomic mass is 79.9. The lowest BCUT2D eigenvalue weighted by Gasteiger charge is -2.08. The van der Waals surface area contributed by atoms with E-state index in [1.807, 2.05) is 13.0 Å². The van der Waals surface area contributed by atoms with Crippen molar-refractivity contribution in [2.45, 2.75) is 19.8 Å². The number of nitrogens with zero attached hydrogens (tertiary/aromatic N) is 3. The van der Waals surface area contributed by atoms with Crippen LogP contribution in [0.15, 0.2) is 67.3 Å². The SMILES string of the molecule is CCCc1nc2ccc(Br)cc2c(=O)n1N=Cc1ccc(-c2cc(C(=O)O)cc(C(=O)O)c2)o1. The maximum Gasteiger partial charge on any atom is 0.335 e. The molecule has 0 bridgehead atoms. The second-order valence-corrected chi connectivity index (χ2v) is 8.33. The van der Waals surface area contributed by atoms with E-state index < -0.39 is 11.9 Å². The first-order valence-electron chi connectivity index (χ1n) is 10.2. The third-order valence-corrected chi connectivity index (χ3v) is 5.48. The van der Waals surface area contributed by atoms with Gasteiger partial charge in [0.05, 0.1) is 28.2 Å². The van der Waals surface area contributed by atoms with Gasteiger partial charge in [0.1, 0.15) is 17.3 Å². The monoisotopic (exact) mass is 523 g/mol. The van der Waals surface area contributed by atoms with Crippen LogP contribution in [0.3, 0.4) is 0 Å². The lowest BCUT2D eigenvalue weighted by atomic mass is 10.0. The quantitative estimate of drug-likeness (QED) is 0.336. The first-order valence-corrected chi connectivity index (χ1v) is 11.0. The number of halogens is 1. The van der Waals surface area contributed by atoms with Crippen LogP contribution in [0.25, 0.3) is 22.2 Å². The number of hydrogen-bond donors (Lipinski definition) is 2. The summed E-state index contributed by atoms with van der Waals surface area (Å²) < 4.78 is 7.71. The van der Waals surface area contributed by atoms with E-state index in [1.165, 1.54) is 23.0 Å². The Balaban J connectivity index is 1.74. The van der Waals surface area contributed by atoms with E-state index in [4.69, 9.17) is 4.42 Å². The molecule has 4 rings (SSSR count). The van der Waals surface area contributed by atoms with Crippen molar-refractivity contribution >= 4 is 45.0 Å². The van der Waals surface area contributed by atoms with Gasteiger partial charge in [0.2, 0.25) is 0 Å². The highest BCUT2D eigenvalue weighted by Crippen LogP contribution is 2.25. The maximum atomic E-state index is 13.1. The van der Waals surface area contributed by atoms with E-state index in [1.54, 1.807) is 24.3 Å². The summed E-state index contributed by atoms with van der Waals surface area (Å²) in [6.07, 6.45) is 2.66. The van der Waals surface area contributed by atoms with Crippen molar-refractivity contribution in [2.24, 2.45) is 5.10 Å². The summed E-state index contributed by atoms with van der Waals surface area (Å²) in [5.41, 5.74) is 0.198. The third-order valence-electron chi connectivity index (χ3n) is 4.99. The molecular weight excluding hydrogens is 506 g/mol. The summed E-state index contributed by atoms with van der Waals surface area (Å²) in [7, 11) is 0. The molecule has 4 aromatic rings. The zero-order valence-corrected chi connectivity index (χ0v) is 19.4. The van der Waals surface area contributed by atoms with Crippen LogP contribution >= 0.6 is 15.9 Å². The molecule has 0 amide bonds. The second-order valence-electron chi connectivity index (χ2n) is 7.41. The van der Waals surface area contributed by atoms with Crippen molar-refractivity contribution in [3.8, 4) is 11.3 Å². The molecule has 0 fully saturated rings. The van der Waals surface area contributed by atoms with Gasteiger partial charge in [-0.25, -0.2) is 14.6 Å². The van der Waals surface area contributed by atoms with Crippen molar-refractivity contribution in [2.75, 3.05) is 0 Å². The lowest BCUT2D eigenvalue weighted by Crippen LogP contribution is -2.22. The van der Waals surface area contributed by atoms with Gasteiger partial charge in [0.25, 0.3) is 5.56 Å². The summed E-state index contributed by atoms with van der Waals surface area (Å²) in [6, 6.07) is 12.1. The molecule has 0 saturated heterocycles. The fraction of sp³-hybridized carbons (Fsp3) is 0.125. The second kappa shape index (κ2) is 9.44. The molecule has 0 aliphatic rings. The molecule has 172 valence electrons. The summed E-state index contributed by atoms with van der Waals surface area (Å²) in [6.45, 7) is 1.97. The van der Waals surface area contributed by atoms with Gasteiger partial charge in [-0.1, -0.05) is 22.9 Å². The number of hydrogen-bond acceptors (Lipinski definition) is 6. The minimum absolute atomic E-state index is 0.175. The molecule has 0 unspecified atom stereocenters. The Hall–Kier alpha value is -4.05. The molecule has 2 aromatic heterocycles. The Bertz CT molecular complexity index is 1490. The minimum atomic E-state index is -1.25. The fourth-order valence-electron chi connectivity index (χ4n) is 3.41. The Morgan fingerprint density at radius 1 is 1.09 bits per heavy atom. The predicted molar refractivity (Wildman–Crippen MR) is 129 cm³/mol. The van der Waals surface area contributed by atoms with Gasteiger partial charge in [0, 0.05) is 16.5 Å². The van der Waals surface area contributed by atoms with E-state index in [9.17, 15) is 24.6 Å². The van der Waals surface area contributed by atoms with Crippen molar-refractivity contribution < 1.29 is 24.2 Å². The number of rotatable bonds is 7. The van der Waals surface area contributed by atoms with E-state index in [0.717, 1.165) is 17.0 Å². The van der Waals surface area contributed by atoms with Crippen LogP contribution in [-0.4, -0.2) is 38.0 Å². The number of aromatic nitrogens is 2. The number of aryl methyl sites for hydroxylation is 1. The summed E-state index contributed by atoms with van der Waals surface area (Å²) in [4.78, 5) is 40.4. The third kappa shape index (κ3) is 4.67. The highest BCUT2D eigenvalue weighted by Gasteiger charge is 2.15. The number of carboxylic acids is 2. The van der Waals surface area contributed by atoms with Crippen LogP contribution in [0.5, 0.6) is 0 Å². The molecule has 0 atom stereocenters. The van der Waals surface area contributed by atoms with Gasteiger partial charge in [-0.2, -0.15) is 9.78 Å². The Labute approximate surface area is 201 Å². The van der Waals surface area contributed by atoms with Crippen LogP contribution in [0.4, 0.5) is 0 Å². The van der Waals surface area contributed by atoms with Crippen LogP contribution in [0.2, 0.25) is 0 Å². The first-order chi connectivity index (χ1) is 16.3. The zero-order valence-electron chi connectivity index (χ0n) is 17.9. The first kappa shape index (κ1) is 23.1. The molecule has 0 saturated carbocycles. The van der Waals surface area contributed by atoms with Gasteiger partial charge in [-0.05, 0) is 55.0 Å². The van der Waals surface area contributed by atoms with Gasteiger partial charge >= 0.3 is 11.9 Å². The number of benzene rings is 2. The molecule has 9 nitrogen and oxygen atoms in total. The molecule has 0 aliphatic heterocycles. The van der Waals surface area contributed by atoms with E-state index in [-0.39, 0.29) is 33.8 Å². The van der Waals surface area contributed by atoms with Crippen molar-refractivity contribution in [3.05, 3.63) is 86.1 Å². The summed E-state index contributed by atoms with van der Waals surface area (Å²) in [5.74, 6) is -1.46. The molecule has 2 heterocycles. The number of furan rings is 1. The Morgan fingerprint density at radius 3 is 2.44 bits per heavy atom. The average Bonchev–Trinajstić information content (AvgIpc) is 3.28. The summed E-state index contributed by atoms with van der Waals surface area (Å²) in [5, 5.41) is 23.3. The standard InChI is InChI=1S/C24H18BrN3O6/c1-2-3-21-27-19-6-4-16(25)11-18(19)22(29)28(21)26-12-17-5-7-20(34-17)13-8-14(23(30)31)10-15(9-13)24(32)33/h4-12H,2-3H2,1H3,(H,30,31)(H,32,33). The predicted octanol–water partition coefficient (Wildman–Crippen LogP) is 4.65. The topological polar surface area (TPSA) is 135 Å². The molecule has 10 heteroatoms. The largest absolute Gasteiger partial charge is 0.478 e. The van der Waals surface area contributed by atoms with Crippen molar-refractivity contribution in [3.63, 3.8) is 0 Å². The molecule has 2 N–H and O–H groups in total. The number of aromatic carboxylic acids is 2. The molecule has 0 aliphatic carbocycles. The normalized spacial score (nSPS) is 11.4. The van der Waals surface area contributed by atoms with Crippen molar-refractivity contribution in [1.29, 1.82) is 0 Å². The van der Waals surface area contributed by atoms with Gasteiger partial charge in [-0.3, -0.25) is 4.79 Å². The Morgan fingerprint density at radius 2 is 1.79 bits per heavy atom. The molecule has 0 radical (unpaired) electrons. The van der Waals surface area contributed by atoms with Gasteiger partial charge in [-0.15, -0.1) is 0 Å². The zero-order chi connectivity index (χ0) is 24.4. The van der Waals surface area contributed by atoms with Crippen molar-refractivity contribution in [1.82, 2.24) is 9.66 Å². The molecule has 34 heavy (non-hydrogen) atoms. The fourth-order valence-corrected chi connectivity index (χ4v) is 3.77. The van der Waals surface area contributed by atoms with Crippen LogP contribution in [0.1, 0.15) is 45.6 Å². The van der Waals surface area contributed by atoms with Gasteiger partial charge < -0.3 is 14.6 Å². The van der Waals surface area contributed by atoms with E-state index in [0.29, 0.717) is 23.1 Å². The smallest absolute Gasteiger partial charge is 0.335 e. The van der Waals surface area contributed by atoms with Gasteiger partial charge in [0.15, 0.2) is 0 Å². The number of carbonyl (C=O) groups is 2. The number of fused-ring (bicyclic) bond motifs is 1. The Kier molecular flexibility index (Phi) is 6.42. The van der Waals surface area contributed by atoms with E-state index in [2.05, 4.69) is 26.0 Å². The lowest BCUT2D eigenvalue weighted by molar-refractivity contribution is 0.0696. The molecule has 0 spiro atoms. The average molecular weight is 524 g/mol. The molecule has 2 aromatic carbocycles. The summed E-state index contributed by atoms with van der Waals surface area (Å²) >= 11 is 3.37. The van der Waals surface area contributed by atoms with E-state index >= 15 is 0 Å².